The van der Waals surface area contributed by atoms with Crippen molar-refractivity contribution in [2.45, 2.75) is 0 Å². The van der Waals surface area contributed by atoms with Crippen molar-refractivity contribution in [1.82, 2.24) is 9.38 Å². The fourth-order valence-corrected chi connectivity index (χ4v) is 3.19. The molecule has 0 spiro atoms. The van der Waals surface area contributed by atoms with E-state index in [1.807, 2.05) is 47.1 Å². The molecule has 0 aliphatic heterocycles. The Morgan fingerprint density at radius 1 is 1.17 bits per heavy atom. The van der Waals surface area contributed by atoms with Gasteiger partial charge in [0.05, 0.1) is 18.1 Å². The number of hydrogen-bond donors (Lipinski definition) is 1. The second kappa shape index (κ2) is 6.39. The topological polar surface area (TPSA) is 72.7 Å². The Balaban J connectivity index is 1.79. The van der Waals surface area contributed by atoms with Crippen molar-refractivity contribution in [3.63, 3.8) is 0 Å². The molecule has 0 atom stereocenters. The fraction of sp³-hybridized carbons (Fsp3) is 0.188. The Kier molecular flexibility index (Phi) is 4.31. The van der Waals surface area contributed by atoms with Crippen LogP contribution in [0, 0.1) is 0 Å². The van der Waals surface area contributed by atoms with E-state index in [9.17, 15) is 8.42 Å². The zero-order valence-corrected chi connectivity index (χ0v) is 13.5. The Hall–Kier alpha value is -2.38. The summed E-state index contributed by atoms with van der Waals surface area (Å²) in [4.78, 5) is 4.54. The summed E-state index contributed by atoms with van der Waals surface area (Å²) >= 11 is 0. The van der Waals surface area contributed by atoms with Crippen LogP contribution in [0.1, 0.15) is 0 Å². The summed E-state index contributed by atoms with van der Waals surface area (Å²) in [5, 5.41) is 0. The minimum atomic E-state index is -3.39. The summed E-state index contributed by atoms with van der Waals surface area (Å²) in [6.45, 7) is 0.161. The molecule has 7 heteroatoms. The summed E-state index contributed by atoms with van der Waals surface area (Å²) in [6, 6.07) is 12.9. The summed E-state index contributed by atoms with van der Waals surface area (Å²) < 4.78 is 32.9. The molecule has 0 aliphatic rings. The van der Waals surface area contributed by atoms with Crippen molar-refractivity contribution in [2.75, 3.05) is 24.2 Å². The van der Waals surface area contributed by atoms with Crippen LogP contribution in [0.4, 0.5) is 5.69 Å². The Labute approximate surface area is 134 Å². The van der Waals surface area contributed by atoms with E-state index in [-0.39, 0.29) is 12.4 Å². The molecule has 6 nitrogen and oxygen atoms in total. The largest absolute Gasteiger partial charge is 0.384 e. The molecule has 0 unspecified atom stereocenters. The fourth-order valence-electron chi connectivity index (χ4n) is 2.21. The second-order valence-electron chi connectivity index (χ2n) is 5.08. The number of methoxy groups -OCH3 is 1. The zero-order chi connectivity index (χ0) is 16.3. The number of nitrogens with one attached hydrogen (secondary N) is 1. The molecule has 23 heavy (non-hydrogen) atoms. The van der Waals surface area contributed by atoms with Crippen LogP contribution in [0.15, 0.2) is 54.9 Å². The zero-order valence-electron chi connectivity index (χ0n) is 12.6. The molecule has 2 aromatic heterocycles. The van der Waals surface area contributed by atoms with Gasteiger partial charge in [-0.05, 0) is 24.3 Å². The van der Waals surface area contributed by atoms with E-state index in [4.69, 9.17) is 4.74 Å². The first-order chi connectivity index (χ1) is 11.1. The molecule has 3 rings (SSSR count). The number of ether oxygens (including phenoxy) is 1. The van der Waals surface area contributed by atoms with Gasteiger partial charge in [0.25, 0.3) is 0 Å². The number of hydrogen-bond acceptors (Lipinski definition) is 4. The van der Waals surface area contributed by atoms with Crippen LogP contribution in [0.25, 0.3) is 16.9 Å². The molecule has 0 amide bonds. The quantitative estimate of drug-likeness (QED) is 0.753. The lowest BCUT2D eigenvalue weighted by molar-refractivity contribution is 0.217. The van der Waals surface area contributed by atoms with Crippen LogP contribution in [-0.2, 0) is 14.8 Å². The van der Waals surface area contributed by atoms with Crippen molar-refractivity contribution in [3.05, 3.63) is 54.9 Å². The molecule has 0 aliphatic carbocycles. The van der Waals surface area contributed by atoms with Crippen LogP contribution >= 0.6 is 0 Å². The number of sulfonamides is 1. The van der Waals surface area contributed by atoms with E-state index in [1.165, 1.54) is 7.11 Å². The smallest absolute Gasteiger partial charge is 0.234 e. The molecule has 0 saturated heterocycles. The molecule has 0 fully saturated rings. The van der Waals surface area contributed by atoms with Gasteiger partial charge in [0.1, 0.15) is 5.65 Å². The van der Waals surface area contributed by atoms with Gasteiger partial charge in [-0.2, -0.15) is 0 Å². The molecule has 1 aromatic carbocycles. The SMILES string of the molecule is COCCS(=O)(=O)Nc1ccc(-c2cn3ccccc3n2)cc1. The third-order valence-corrected chi connectivity index (χ3v) is 4.63. The highest BCUT2D eigenvalue weighted by atomic mass is 32.2. The summed E-state index contributed by atoms with van der Waals surface area (Å²) in [5.74, 6) is -0.0717. The number of fused-ring (bicyclic) bond motifs is 1. The monoisotopic (exact) mass is 331 g/mol. The van der Waals surface area contributed by atoms with Gasteiger partial charge >= 0.3 is 0 Å². The van der Waals surface area contributed by atoms with Gasteiger partial charge in [0, 0.05) is 30.8 Å². The predicted molar refractivity (Wildman–Crippen MR) is 89.9 cm³/mol. The van der Waals surface area contributed by atoms with Gasteiger partial charge < -0.3 is 9.14 Å². The Morgan fingerprint density at radius 2 is 1.96 bits per heavy atom. The molecule has 0 bridgehead atoms. The molecular weight excluding hydrogens is 314 g/mol. The molecular formula is C16H17N3O3S. The van der Waals surface area contributed by atoms with Crippen LogP contribution in [-0.4, -0.2) is 37.3 Å². The number of pyridine rings is 1. The second-order valence-corrected chi connectivity index (χ2v) is 6.93. The van der Waals surface area contributed by atoms with E-state index < -0.39 is 10.0 Å². The normalized spacial score (nSPS) is 11.7. The third kappa shape index (κ3) is 3.69. The van der Waals surface area contributed by atoms with Crippen LogP contribution in [0.3, 0.4) is 0 Å². The lowest BCUT2D eigenvalue weighted by Gasteiger charge is -2.07. The number of imidazole rings is 1. The van der Waals surface area contributed by atoms with Crippen LogP contribution in [0.5, 0.6) is 0 Å². The Bertz CT molecular complexity index is 869. The highest BCUT2D eigenvalue weighted by Crippen LogP contribution is 2.21. The van der Waals surface area contributed by atoms with Crippen LogP contribution < -0.4 is 4.72 Å². The van der Waals surface area contributed by atoms with Gasteiger partial charge in [-0.3, -0.25) is 4.72 Å². The van der Waals surface area contributed by atoms with E-state index in [0.717, 1.165) is 16.9 Å². The van der Waals surface area contributed by atoms with Gasteiger partial charge in [0.2, 0.25) is 10.0 Å². The maximum Gasteiger partial charge on any atom is 0.234 e. The number of aromatic nitrogens is 2. The van der Waals surface area contributed by atoms with Gasteiger partial charge in [-0.25, -0.2) is 13.4 Å². The number of rotatable bonds is 6. The predicted octanol–water partition coefficient (Wildman–Crippen LogP) is 2.39. The van der Waals surface area contributed by atoms with Crippen molar-refractivity contribution in [1.29, 1.82) is 0 Å². The highest BCUT2D eigenvalue weighted by molar-refractivity contribution is 7.92. The molecule has 0 saturated carbocycles. The Morgan fingerprint density at radius 3 is 2.65 bits per heavy atom. The van der Waals surface area contributed by atoms with E-state index in [2.05, 4.69) is 9.71 Å². The number of benzene rings is 1. The number of anilines is 1. The van der Waals surface area contributed by atoms with Crippen molar-refractivity contribution in [2.24, 2.45) is 0 Å². The lowest BCUT2D eigenvalue weighted by atomic mass is 10.1. The minimum Gasteiger partial charge on any atom is -0.384 e. The minimum absolute atomic E-state index is 0.0717. The maximum atomic E-state index is 11.8. The lowest BCUT2D eigenvalue weighted by Crippen LogP contribution is -2.19. The highest BCUT2D eigenvalue weighted by Gasteiger charge is 2.10. The molecule has 3 aromatic rings. The number of nitrogens with zero attached hydrogens (tertiary/aromatic N) is 2. The summed E-state index contributed by atoms with van der Waals surface area (Å²) in [6.07, 6.45) is 3.87. The molecule has 120 valence electrons. The maximum absolute atomic E-state index is 11.8. The third-order valence-electron chi connectivity index (χ3n) is 3.37. The average molecular weight is 331 g/mol. The first kappa shape index (κ1) is 15.5. The molecule has 1 N–H and O–H groups in total. The van der Waals surface area contributed by atoms with Gasteiger partial charge in [-0.1, -0.05) is 18.2 Å². The van der Waals surface area contributed by atoms with Crippen molar-refractivity contribution < 1.29 is 13.2 Å². The standard InChI is InChI=1S/C16H17N3O3S/c1-22-10-11-23(20,21)18-14-7-5-13(6-8-14)15-12-19-9-3-2-4-16(19)17-15/h2-9,12,18H,10-11H2,1H3. The van der Waals surface area contributed by atoms with Gasteiger partial charge in [-0.15, -0.1) is 0 Å². The summed E-state index contributed by atoms with van der Waals surface area (Å²) in [7, 11) is -1.92. The molecule has 0 radical (unpaired) electrons. The van der Waals surface area contributed by atoms with E-state index in [1.54, 1.807) is 12.1 Å². The first-order valence-electron chi connectivity index (χ1n) is 7.11. The van der Waals surface area contributed by atoms with E-state index in [0.29, 0.717) is 5.69 Å². The van der Waals surface area contributed by atoms with Crippen LogP contribution in [0.2, 0.25) is 0 Å². The van der Waals surface area contributed by atoms with Crippen molar-refractivity contribution >= 4 is 21.4 Å². The van der Waals surface area contributed by atoms with Crippen molar-refractivity contribution in [3.8, 4) is 11.3 Å². The van der Waals surface area contributed by atoms with Gasteiger partial charge in [0.15, 0.2) is 0 Å². The molecule has 2 heterocycles. The summed E-state index contributed by atoms with van der Waals surface area (Å²) in [5.41, 5.74) is 3.15. The van der Waals surface area contributed by atoms with E-state index >= 15 is 0 Å². The first-order valence-corrected chi connectivity index (χ1v) is 8.76. The average Bonchev–Trinajstić information content (AvgIpc) is 2.97.